The highest BCUT2D eigenvalue weighted by Gasteiger charge is 1.95. The van der Waals surface area contributed by atoms with Gasteiger partial charge in [-0.1, -0.05) is 0 Å². The molecule has 0 bridgehead atoms. The lowest BCUT2D eigenvalue weighted by Crippen LogP contribution is -2.12. The first-order valence-electron chi connectivity index (χ1n) is 3.66. The van der Waals surface area contributed by atoms with Gasteiger partial charge in [0.1, 0.15) is 0 Å². The van der Waals surface area contributed by atoms with Gasteiger partial charge >= 0.3 is 0 Å². The van der Waals surface area contributed by atoms with Crippen molar-refractivity contribution in [2.75, 3.05) is 12.4 Å². The summed E-state index contributed by atoms with van der Waals surface area (Å²) in [6.45, 7) is 0. The molecule has 0 unspecified atom stereocenters. The van der Waals surface area contributed by atoms with E-state index in [9.17, 15) is 0 Å². The van der Waals surface area contributed by atoms with Crippen LogP contribution in [0, 0.1) is 0 Å². The molecule has 0 saturated carbocycles. The van der Waals surface area contributed by atoms with Crippen LogP contribution in [0.4, 0.5) is 5.95 Å². The number of nitrogens with zero attached hydrogens (tertiary/aromatic N) is 2. The van der Waals surface area contributed by atoms with Gasteiger partial charge in [0.2, 0.25) is 5.95 Å². The van der Waals surface area contributed by atoms with Crippen LogP contribution in [0.1, 0.15) is 0 Å². The lowest BCUT2D eigenvalue weighted by Gasteiger charge is -2.02. The summed E-state index contributed by atoms with van der Waals surface area (Å²) in [7, 11) is 1.48. The fourth-order valence-corrected chi connectivity index (χ4v) is 0.597. The number of hydrogen-bond donors (Lipinski definition) is 3. The molecule has 0 spiro atoms. The summed E-state index contributed by atoms with van der Waals surface area (Å²) in [5.41, 5.74) is 4.40. The number of rotatable bonds is 1. The molecular formula is C7H10N4O2S2. The summed E-state index contributed by atoms with van der Waals surface area (Å²) in [6.07, 6.45) is 3.24. The normalized spacial score (nSPS) is 8.07. The summed E-state index contributed by atoms with van der Waals surface area (Å²) >= 11 is 8.59. The predicted octanol–water partition coefficient (Wildman–Crippen LogP) is 0.608. The number of methoxy groups -OCH3 is 1. The zero-order valence-electron chi connectivity index (χ0n) is 7.88. The minimum absolute atomic E-state index is 0.260. The largest absolute Gasteiger partial charge is 0.487 e. The van der Waals surface area contributed by atoms with Gasteiger partial charge in [0.05, 0.1) is 7.11 Å². The summed E-state index contributed by atoms with van der Waals surface area (Å²) < 4.78 is 4.69. The van der Waals surface area contributed by atoms with Crippen molar-refractivity contribution in [1.82, 2.24) is 9.97 Å². The summed E-state index contributed by atoms with van der Waals surface area (Å²) in [6, 6.07) is 1.72. The summed E-state index contributed by atoms with van der Waals surface area (Å²) in [5, 5.41) is 10.0. The van der Waals surface area contributed by atoms with Crippen LogP contribution in [-0.4, -0.2) is 32.5 Å². The van der Waals surface area contributed by atoms with Gasteiger partial charge in [-0.2, -0.15) is 0 Å². The van der Waals surface area contributed by atoms with Crippen LogP contribution < -0.4 is 11.1 Å². The highest BCUT2D eigenvalue weighted by molar-refractivity contribution is 7.80. The Morgan fingerprint density at radius 3 is 2.33 bits per heavy atom. The van der Waals surface area contributed by atoms with Gasteiger partial charge < -0.3 is 15.6 Å². The van der Waals surface area contributed by atoms with E-state index in [1.165, 1.54) is 7.11 Å². The molecule has 6 nitrogen and oxygen atoms in total. The molecule has 0 atom stereocenters. The Hall–Kier alpha value is -1.54. The molecule has 0 fully saturated rings. The fourth-order valence-electron chi connectivity index (χ4n) is 0.506. The average Bonchev–Trinajstić information content (AvgIpc) is 2.18. The van der Waals surface area contributed by atoms with E-state index in [1.54, 1.807) is 18.5 Å². The highest BCUT2D eigenvalue weighted by Crippen LogP contribution is 1.93. The summed E-state index contributed by atoms with van der Waals surface area (Å²) in [4.78, 5) is 7.75. The molecule has 1 heterocycles. The minimum atomic E-state index is -0.500. The number of ether oxygens (including phenoxy) is 1. The number of aromatic nitrogens is 2. The van der Waals surface area contributed by atoms with E-state index in [2.05, 4.69) is 33.2 Å². The number of aliphatic hydroxyl groups is 1. The SMILES string of the molecule is COC(=S)Nc1ncccn1.NC(O)=S. The number of nitrogens with two attached hydrogens (primary N) is 1. The standard InChI is InChI=1S/C6H7N3OS.CH3NOS/c1-10-6(11)9-5-7-3-2-4-8-5;2-1(3)4/h2-4H,1H3,(H,7,8,9,11);(H3,2,3,4). The smallest absolute Gasteiger partial charge is 0.263 e. The van der Waals surface area contributed by atoms with Crippen molar-refractivity contribution >= 4 is 40.7 Å². The molecular weight excluding hydrogens is 236 g/mol. The van der Waals surface area contributed by atoms with Gasteiger partial charge in [0.25, 0.3) is 10.3 Å². The maximum atomic E-state index is 7.56. The average molecular weight is 246 g/mol. The third-order valence-corrected chi connectivity index (χ3v) is 1.23. The molecule has 0 aliphatic rings. The second-order valence-corrected chi connectivity index (χ2v) is 2.82. The Kier molecular flexibility index (Phi) is 7.02. The molecule has 1 aromatic heterocycles. The Morgan fingerprint density at radius 2 is 1.93 bits per heavy atom. The second-order valence-electron chi connectivity index (χ2n) is 2.03. The number of nitrogens with one attached hydrogen (secondary N) is 1. The second kappa shape index (κ2) is 7.83. The third-order valence-electron chi connectivity index (χ3n) is 0.965. The van der Waals surface area contributed by atoms with E-state index in [4.69, 9.17) is 22.1 Å². The van der Waals surface area contributed by atoms with Gasteiger partial charge in [0.15, 0.2) is 0 Å². The predicted molar refractivity (Wildman–Crippen MR) is 64.7 cm³/mol. The van der Waals surface area contributed by atoms with Crippen LogP contribution in [0.25, 0.3) is 0 Å². The molecule has 0 aliphatic carbocycles. The van der Waals surface area contributed by atoms with Crippen LogP contribution in [-0.2, 0) is 4.74 Å². The molecule has 0 amide bonds. The molecule has 0 radical (unpaired) electrons. The zero-order valence-corrected chi connectivity index (χ0v) is 9.51. The quantitative estimate of drug-likeness (QED) is 0.621. The van der Waals surface area contributed by atoms with Crippen LogP contribution in [0.2, 0.25) is 0 Å². The topological polar surface area (TPSA) is 93.3 Å². The van der Waals surface area contributed by atoms with E-state index in [0.29, 0.717) is 5.95 Å². The van der Waals surface area contributed by atoms with Gasteiger partial charge in [-0.3, -0.25) is 5.32 Å². The maximum Gasteiger partial charge on any atom is 0.263 e. The van der Waals surface area contributed by atoms with Crippen molar-refractivity contribution in [2.45, 2.75) is 0 Å². The van der Waals surface area contributed by atoms with Crippen molar-refractivity contribution in [3.05, 3.63) is 18.5 Å². The maximum absolute atomic E-state index is 7.56. The molecule has 0 aromatic carbocycles. The number of hydrogen-bond acceptors (Lipinski definition) is 5. The molecule has 15 heavy (non-hydrogen) atoms. The molecule has 1 aromatic rings. The Bertz CT molecular complexity index is 316. The fraction of sp³-hybridized carbons (Fsp3) is 0.143. The Labute approximate surface area is 97.5 Å². The molecule has 0 aliphatic heterocycles. The van der Waals surface area contributed by atoms with Crippen LogP contribution in [0.3, 0.4) is 0 Å². The van der Waals surface area contributed by atoms with E-state index in [-0.39, 0.29) is 5.17 Å². The van der Waals surface area contributed by atoms with Crippen molar-refractivity contribution in [1.29, 1.82) is 0 Å². The van der Waals surface area contributed by atoms with Crippen molar-refractivity contribution in [3.8, 4) is 0 Å². The van der Waals surface area contributed by atoms with E-state index in [0.717, 1.165) is 0 Å². The first-order valence-corrected chi connectivity index (χ1v) is 4.48. The molecule has 82 valence electrons. The van der Waals surface area contributed by atoms with Crippen LogP contribution in [0.15, 0.2) is 18.5 Å². The first-order chi connectivity index (χ1) is 7.06. The van der Waals surface area contributed by atoms with E-state index >= 15 is 0 Å². The molecule has 1 rings (SSSR count). The third kappa shape index (κ3) is 8.78. The molecule has 0 saturated heterocycles. The number of thiocarbonyl (C=S) groups is 2. The van der Waals surface area contributed by atoms with Gasteiger partial charge in [-0.15, -0.1) is 0 Å². The molecule has 8 heteroatoms. The van der Waals surface area contributed by atoms with Crippen molar-refractivity contribution in [2.24, 2.45) is 5.73 Å². The summed E-state index contributed by atoms with van der Waals surface area (Å²) in [5.74, 6) is 0.444. The monoisotopic (exact) mass is 246 g/mol. The van der Waals surface area contributed by atoms with Crippen LogP contribution in [0.5, 0.6) is 0 Å². The highest BCUT2D eigenvalue weighted by atomic mass is 32.1. The lowest BCUT2D eigenvalue weighted by atomic mass is 10.7. The van der Waals surface area contributed by atoms with Crippen LogP contribution >= 0.6 is 24.4 Å². The minimum Gasteiger partial charge on any atom is -0.487 e. The number of anilines is 1. The van der Waals surface area contributed by atoms with Gasteiger partial charge in [-0.25, -0.2) is 9.97 Å². The van der Waals surface area contributed by atoms with Gasteiger partial charge in [0, 0.05) is 12.4 Å². The van der Waals surface area contributed by atoms with Crippen molar-refractivity contribution < 1.29 is 9.84 Å². The zero-order chi connectivity index (χ0) is 11.7. The Balaban J connectivity index is 0.000000423. The number of aliphatic hydroxyl groups excluding tert-OH is 1. The van der Waals surface area contributed by atoms with Crippen molar-refractivity contribution in [3.63, 3.8) is 0 Å². The van der Waals surface area contributed by atoms with Gasteiger partial charge in [-0.05, 0) is 30.5 Å². The lowest BCUT2D eigenvalue weighted by molar-refractivity contribution is 0.413. The van der Waals surface area contributed by atoms with E-state index < -0.39 is 5.17 Å². The molecule has 4 N–H and O–H groups in total. The Morgan fingerprint density at radius 1 is 1.47 bits per heavy atom. The van der Waals surface area contributed by atoms with E-state index in [1.807, 2.05) is 0 Å². The first kappa shape index (κ1) is 13.5.